The van der Waals surface area contributed by atoms with Gasteiger partial charge in [-0.25, -0.2) is 0 Å². The van der Waals surface area contributed by atoms with Gasteiger partial charge in [0.25, 0.3) is 5.69 Å². The van der Waals surface area contributed by atoms with E-state index in [-0.39, 0.29) is 5.69 Å². The topological polar surface area (TPSA) is 79.0 Å². The summed E-state index contributed by atoms with van der Waals surface area (Å²) in [6, 6.07) is 6.45. The number of nitrogens with zero attached hydrogens (tertiary/aromatic N) is 2. The first-order valence-electron chi connectivity index (χ1n) is 7.04. The molecule has 1 atom stereocenters. The Kier molecular flexibility index (Phi) is 6.51. The average Bonchev–Trinajstić information content (AvgIpc) is 2.47. The van der Waals surface area contributed by atoms with Gasteiger partial charge in [0, 0.05) is 12.6 Å². The fourth-order valence-electron chi connectivity index (χ4n) is 2.10. The summed E-state index contributed by atoms with van der Waals surface area (Å²) in [7, 11) is 0. The molecule has 0 aromatic heterocycles. The molecule has 1 rings (SSSR count). The van der Waals surface area contributed by atoms with Crippen LogP contribution >= 0.6 is 0 Å². The smallest absolute Gasteiger partial charge is 0.293 e. The first-order valence-corrected chi connectivity index (χ1v) is 7.04. The van der Waals surface area contributed by atoms with E-state index in [9.17, 15) is 10.1 Å². The Bertz CT molecular complexity index is 494. The first-order chi connectivity index (χ1) is 9.62. The number of unbranched alkanes of at least 4 members (excludes halogenated alkanes) is 1. The maximum Gasteiger partial charge on any atom is 0.293 e. The van der Waals surface area contributed by atoms with E-state index >= 15 is 0 Å². The molecule has 1 aromatic carbocycles. The molecular formula is C15H21N3O2. The van der Waals surface area contributed by atoms with Gasteiger partial charge in [0.15, 0.2) is 0 Å². The Morgan fingerprint density at radius 3 is 2.75 bits per heavy atom. The van der Waals surface area contributed by atoms with Crippen LogP contribution in [0.3, 0.4) is 0 Å². The van der Waals surface area contributed by atoms with Gasteiger partial charge in [-0.15, -0.1) is 0 Å². The van der Waals surface area contributed by atoms with Gasteiger partial charge in [-0.1, -0.05) is 33.1 Å². The molecule has 0 bridgehead atoms. The van der Waals surface area contributed by atoms with E-state index in [4.69, 9.17) is 5.26 Å². The van der Waals surface area contributed by atoms with Crippen molar-refractivity contribution in [1.82, 2.24) is 0 Å². The van der Waals surface area contributed by atoms with Crippen LogP contribution in [0.25, 0.3) is 0 Å². The Hall–Kier alpha value is -2.09. The van der Waals surface area contributed by atoms with Gasteiger partial charge in [0.05, 0.1) is 16.6 Å². The summed E-state index contributed by atoms with van der Waals surface area (Å²) in [6.07, 6.45) is 4.52. The fraction of sp³-hybridized carbons (Fsp3) is 0.533. The molecule has 1 aromatic rings. The molecule has 0 aliphatic rings. The Morgan fingerprint density at radius 2 is 2.20 bits per heavy atom. The largest absolute Gasteiger partial charge is 0.379 e. The molecule has 0 fully saturated rings. The van der Waals surface area contributed by atoms with Gasteiger partial charge >= 0.3 is 0 Å². The predicted molar refractivity (Wildman–Crippen MR) is 79.6 cm³/mol. The molecule has 108 valence electrons. The lowest BCUT2D eigenvalue weighted by molar-refractivity contribution is -0.384. The summed E-state index contributed by atoms with van der Waals surface area (Å²) < 4.78 is 0. The maximum absolute atomic E-state index is 11.0. The predicted octanol–water partition coefficient (Wildman–Crippen LogP) is 4.09. The van der Waals surface area contributed by atoms with Gasteiger partial charge in [-0.05, 0) is 24.5 Å². The van der Waals surface area contributed by atoms with Crippen molar-refractivity contribution in [1.29, 1.82) is 5.26 Å². The van der Waals surface area contributed by atoms with Crippen molar-refractivity contribution in [2.45, 2.75) is 39.5 Å². The van der Waals surface area contributed by atoms with E-state index < -0.39 is 4.92 Å². The molecule has 0 aliphatic carbocycles. The lowest BCUT2D eigenvalue weighted by Gasteiger charge is -2.16. The quantitative estimate of drug-likeness (QED) is 0.572. The molecular weight excluding hydrogens is 254 g/mol. The Morgan fingerprint density at radius 1 is 1.45 bits per heavy atom. The highest BCUT2D eigenvalue weighted by molar-refractivity contribution is 5.64. The number of hydrogen-bond acceptors (Lipinski definition) is 4. The standard InChI is InChI=1S/C15H21N3O2/c1-3-5-6-12(4-2)11-17-14-8-7-13(10-16)9-15(14)18(19)20/h7-9,12,17H,3-6,11H2,1-2H3. The fourth-order valence-corrected chi connectivity index (χ4v) is 2.10. The summed E-state index contributed by atoms with van der Waals surface area (Å²) in [6.45, 7) is 5.02. The SMILES string of the molecule is CCCCC(CC)CNc1ccc(C#N)cc1[N+](=O)[O-]. The van der Waals surface area contributed by atoms with Crippen LogP contribution in [0.2, 0.25) is 0 Å². The zero-order chi connectivity index (χ0) is 15.0. The van der Waals surface area contributed by atoms with Crippen LogP contribution in [0.1, 0.15) is 45.1 Å². The van der Waals surface area contributed by atoms with Gasteiger partial charge in [-0.3, -0.25) is 10.1 Å². The number of anilines is 1. The van der Waals surface area contributed by atoms with E-state index in [0.717, 1.165) is 25.8 Å². The van der Waals surface area contributed by atoms with Crippen LogP contribution in [-0.4, -0.2) is 11.5 Å². The van der Waals surface area contributed by atoms with Crippen molar-refractivity contribution < 1.29 is 4.92 Å². The minimum absolute atomic E-state index is 0.0330. The molecule has 5 nitrogen and oxygen atoms in total. The molecule has 0 spiro atoms. The second-order valence-electron chi connectivity index (χ2n) is 4.90. The number of nitro groups is 1. The summed E-state index contributed by atoms with van der Waals surface area (Å²) in [4.78, 5) is 10.6. The van der Waals surface area contributed by atoms with E-state index in [2.05, 4.69) is 19.2 Å². The molecule has 5 heteroatoms. The van der Waals surface area contributed by atoms with Gasteiger partial charge < -0.3 is 5.32 Å². The second-order valence-corrected chi connectivity index (χ2v) is 4.90. The summed E-state index contributed by atoms with van der Waals surface area (Å²) >= 11 is 0. The van der Waals surface area contributed by atoms with Crippen LogP contribution in [-0.2, 0) is 0 Å². The number of nitrogens with one attached hydrogen (secondary N) is 1. The Balaban J connectivity index is 2.76. The van der Waals surface area contributed by atoms with E-state index in [1.54, 1.807) is 12.1 Å². The third-order valence-electron chi connectivity index (χ3n) is 3.45. The lowest BCUT2D eigenvalue weighted by Crippen LogP contribution is -2.14. The average molecular weight is 275 g/mol. The highest BCUT2D eigenvalue weighted by Crippen LogP contribution is 2.26. The first kappa shape index (κ1) is 16.0. The molecule has 1 unspecified atom stereocenters. The molecule has 0 saturated heterocycles. The van der Waals surface area contributed by atoms with Crippen LogP contribution in [0.4, 0.5) is 11.4 Å². The highest BCUT2D eigenvalue weighted by atomic mass is 16.6. The van der Waals surface area contributed by atoms with Crippen molar-refractivity contribution in [3.8, 4) is 6.07 Å². The van der Waals surface area contributed by atoms with Gasteiger partial charge in [-0.2, -0.15) is 5.26 Å². The normalized spacial score (nSPS) is 11.7. The summed E-state index contributed by atoms with van der Waals surface area (Å²) in [5.41, 5.74) is 0.763. The lowest BCUT2D eigenvalue weighted by atomic mass is 9.99. The summed E-state index contributed by atoms with van der Waals surface area (Å²) in [5, 5.41) is 23.0. The molecule has 20 heavy (non-hydrogen) atoms. The third kappa shape index (κ3) is 4.54. The maximum atomic E-state index is 11.0. The number of benzene rings is 1. The van der Waals surface area contributed by atoms with Crippen molar-refractivity contribution in [3.63, 3.8) is 0 Å². The van der Waals surface area contributed by atoms with E-state index in [0.29, 0.717) is 17.2 Å². The number of hydrogen-bond donors (Lipinski definition) is 1. The second kappa shape index (κ2) is 8.16. The molecule has 1 N–H and O–H groups in total. The van der Waals surface area contributed by atoms with Crippen LogP contribution in [0.5, 0.6) is 0 Å². The Labute approximate surface area is 119 Å². The van der Waals surface area contributed by atoms with Gasteiger partial charge in [0.1, 0.15) is 5.69 Å². The zero-order valence-electron chi connectivity index (χ0n) is 12.1. The zero-order valence-corrected chi connectivity index (χ0v) is 12.1. The molecule has 0 radical (unpaired) electrons. The van der Waals surface area contributed by atoms with Crippen molar-refractivity contribution in [2.75, 3.05) is 11.9 Å². The number of nitriles is 1. The molecule has 0 saturated carbocycles. The minimum atomic E-state index is -0.448. The molecule has 0 amide bonds. The molecule has 0 heterocycles. The van der Waals surface area contributed by atoms with Crippen molar-refractivity contribution in [2.24, 2.45) is 5.92 Å². The van der Waals surface area contributed by atoms with Crippen molar-refractivity contribution >= 4 is 11.4 Å². The monoisotopic (exact) mass is 275 g/mol. The van der Waals surface area contributed by atoms with Gasteiger partial charge in [0.2, 0.25) is 0 Å². The van der Waals surface area contributed by atoms with Crippen LogP contribution < -0.4 is 5.32 Å². The highest BCUT2D eigenvalue weighted by Gasteiger charge is 2.15. The molecule has 0 aliphatic heterocycles. The van der Waals surface area contributed by atoms with E-state index in [1.165, 1.54) is 12.5 Å². The number of nitro benzene ring substituents is 1. The van der Waals surface area contributed by atoms with Crippen LogP contribution in [0.15, 0.2) is 18.2 Å². The number of rotatable bonds is 8. The van der Waals surface area contributed by atoms with Crippen molar-refractivity contribution in [3.05, 3.63) is 33.9 Å². The summed E-state index contributed by atoms with van der Waals surface area (Å²) in [5.74, 6) is 0.519. The van der Waals surface area contributed by atoms with Crippen LogP contribution in [0, 0.1) is 27.4 Å². The third-order valence-corrected chi connectivity index (χ3v) is 3.45. The minimum Gasteiger partial charge on any atom is -0.379 e. The van der Waals surface area contributed by atoms with E-state index in [1.807, 2.05) is 6.07 Å².